The second-order valence-corrected chi connectivity index (χ2v) is 7.09. The van der Waals surface area contributed by atoms with E-state index in [1.807, 2.05) is 12.1 Å². The van der Waals surface area contributed by atoms with Crippen molar-refractivity contribution in [3.8, 4) is 11.3 Å². The summed E-state index contributed by atoms with van der Waals surface area (Å²) >= 11 is 7.09. The Labute approximate surface area is 164 Å². The molecule has 27 heavy (non-hydrogen) atoms. The molecular formula is C18H17ClN4O3S. The smallest absolute Gasteiger partial charge is 0.350 e. The van der Waals surface area contributed by atoms with E-state index in [1.54, 1.807) is 39.1 Å². The van der Waals surface area contributed by atoms with Crippen LogP contribution in [0.25, 0.3) is 11.3 Å². The van der Waals surface area contributed by atoms with Gasteiger partial charge in [-0.15, -0.1) is 0 Å². The van der Waals surface area contributed by atoms with Crippen LogP contribution in [0, 0.1) is 6.92 Å². The molecule has 2 aromatic heterocycles. The van der Waals surface area contributed by atoms with Gasteiger partial charge in [-0.1, -0.05) is 35.1 Å². The van der Waals surface area contributed by atoms with Crippen LogP contribution in [0.5, 0.6) is 0 Å². The van der Waals surface area contributed by atoms with E-state index in [1.165, 1.54) is 4.68 Å². The van der Waals surface area contributed by atoms with Gasteiger partial charge in [-0.05, 0) is 32.0 Å². The molecule has 1 aromatic carbocycles. The van der Waals surface area contributed by atoms with Crippen LogP contribution in [0.3, 0.4) is 0 Å². The van der Waals surface area contributed by atoms with Crippen LogP contribution in [0.4, 0.5) is 5.13 Å². The number of thiazole rings is 1. The number of aryl methyl sites for hydroxylation is 2. The van der Waals surface area contributed by atoms with Gasteiger partial charge >= 0.3 is 5.97 Å². The van der Waals surface area contributed by atoms with E-state index < -0.39 is 5.97 Å². The first kappa shape index (κ1) is 19.1. The minimum atomic E-state index is -0.447. The van der Waals surface area contributed by atoms with Crippen molar-refractivity contribution in [1.82, 2.24) is 14.8 Å². The first-order valence-corrected chi connectivity index (χ1v) is 9.34. The lowest BCUT2D eigenvalue weighted by molar-refractivity contribution is 0.0531. The fourth-order valence-corrected chi connectivity index (χ4v) is 3.51. The number of anilines is 1. The van der Waals surface area contributed by atoms with Crippen molar-refractivity contribution in [2.75, 3.05) is 11.9 Å². The largest absolute Gasteiger partial charge is 0.462 e. The molecule has 0 unspecified atom stereocenters. The lowest BCUT2D eigenvalue weighted by atomic mass is 10.1. The molecule has 9 heteroatoms. The summed E-state index contributed by atoms with van der Waals surface area (Å²) in [5.74, 6) is -0.820. The highest BCUT2D eigenvalue weighted by atomic mass is 35.5. The van der Waals surface area contributed by atoms with Crippen molar-refractivity contribution in [3.63, 3.8) is 0 Å². The van der Waals surface area contributed by atoms with Crippen molar-refractivity contribution in [3.05, 3.63) is 51.6 Å². The predicted molar refractivity (Wildman–Crippen MR) is 104 cm³/mol. The van der Waals surface area contributed by atoms with Gasteiger partial charge in [-0.3, -0.25) is 14.8 Å². The summed E-state index contributed by atoms with van der Waals surface area (Å²) in [4.78, 5) is 29.1. The molecule has 140 valence electrons. The number of hydrogen-bond acceptors (Lipinski definition) is 6. The highest BCUT2D eigenvalue weighted by Crippen LogP contribution is 2.25. The molecule has 0 atom stereocenters. The lowest BCUT2D eigenvalue weighted by Gasteiger charge is -2.01. The third-order valence-corrected chi connectivity index (χ3v) is 5.00. The highest BCUT2D eigenvalue weighted by molar-refractivity contribution is 7.17. The topological polar surface area (TPSA) is 86.1 Å². The zero-order valence-corrected chi connectivity index (χ0v) is 16.5. The van der Waals surface area contributed by atoms with E-state index in [9.17, 15) is 9.59 Å². The van der Waals surface area contributed by atoms with E-state index in [2.05, 4.69) is 15.4 Å². The summed E-state index contributed by atoms with van der Waals surface area (Å²) in [5, 5.41) is 7.99. The maximum atomic E-state index is 12.6. The Balaban J connectivity index is 1.81. The SMILES string of the molecule is CCOC(=O)c1sc(NC(=O)c2cc(-c3cccc(Cl)c3)nn2C)nc1C. The Hall–Kier alpha value is -2.71. The van der Waals surface area contributed by atoms with Crippen LogP contribution in [0.1, 0.15) is 32.8 Å². The molecule has 0 aliphatic carbocycles. The average molecular weight is 405 g/mol. The fraction of sp³-hybridized carbons (Fsp3) is 0.222. The third kappa shape index (κ3) is 4.17. The van der Waals surface area contributed by atoms with Crippen LogP contribution < -0.4 is 5.32 Å². The molecular weight excluding hydrogens is 388 g/mol. The molecule has 1 amide bonds. The first-order valence-electron chi connectivity index (χ1n) is 8.15. The van der Waals surface area contributed by atoms with Crippen molar-refractivity contribution in [2.24, 2.45) is 7.05 Å². The summed E-state index contributed by atoms with van der Waals surface area (Å²) in [6.45, 7) is 3.70. The monoisotopic (exact) mass is 404 g/mol. The minimum absolute atomic E-state index is 0.277. The molecule has 0 aliphatic rings. The Bertz CT molecular complexity index is 1010. The number of esters is 1. The molecule has 2 heterocycles. The van der Waals surface area contributed by atoms with Crippen molar-refractivity contribution >= 4 is 39.9 Å². The zero-order valence-electron chi connectivity index (χ0n) is 14.9. The van der Waals surface area contributed by atoms with Crippen LogP contribution in [-0.2, 0) is 11.8 Å². The summed E-state index contributed by atoms with van der Waals surface area (Å²) in [5.41, 5.74) is 2.31. The fourth-order valence-electron chi connectivity index (χ4n) is 2.47. The summed E-state index contributed by atoms with van der Waals surface area (Å²) in [6, 6.07) is 8.91. The van der Waals surface area contributed by atoms with Crippen molar-refractivity contribution in [2.45, 2.75) is 13.8 Å². The van der Waals surface area contributed by atoms with Gasteiger partial charge < -0.3 is 4.74 Å². The highest BCUT2D eigenvalue weighted by Gasteiger charge is 2.20. The van der Waals surface area contributed by atoms with Gasteiger partial charge in [0, 0.05) is 17.6 Å². The number of rotatable bonds is 5. The Morgan fingerprint density at radius 2 is 2.11 bits per heavy atom. The summed E-state index contributed by atoms with van der Waals surface area (Å²) in [6.07, 6.45) is 0. The molecule has 3 aromatic rings. The van der Waals surface area contributed by atoms with Gasteiger partial charge in [-0.2, -0.15) is 5.10 Å². The number of aromatic nitrogens is 3. The Kier molecular flexibility index (Phi) is 5.57. The summed E-state index contributed by atoms with van der Waals surface area (Å²) in [7, 11) is 1.68. The van der Waals surface area contributed by atoms with Crippen LogP contribution >= 0.6 is 22.9 Å². The molecule has 0 saturated carbocycles. The lowest BCUT2D eigenvalue weighted by Crippen LogP contribution is -2.15. The number of benzene rings is 1. The van der Waals surface area contributed by atoms with Gasteiger partial charge in [0.05, 0.1) is 18.0 Å². The van der Waals surface area contributed by atoms with Gasteiger partial charge in [-0.25, -0.2) is 9.78 Å². The van der Waals surface area contributed by atoms with Crippen LogP contribution in [0.15, 0.2) is 30.3 Å². The average Bonchev–Trinajstić information content (AvgIpc) is 3.18. The number of ether oxygens (including phenoxy) is 1. The van der Waals surface area contributed by atoms with E-state index in [0.29, 0.717) is 32.1 Å². The van der Waals surface area contributed by atoms with Gasteiger partial charge in [0.2, 0.25) is 0 Å². The maximum absolute atomic E-state index is 12.6. The van der Waals surface area contributed by atoms with Crippen LogP contribution in [-0.4, -0.2) is 33.2 Å². The van der Waals surface area contributed by atoms with Gasteiger partial charge in [0.15, 0.2) is 5.13 Å². The molecule has 0 aliphatic heterocycles. The molecule has 0 bridgehead atoms. The number of carbonyl (C=O) groups is 2. The van der Waals surface area contributed by atoms with Crippen molar-refractivity contribution in [1.29, 1.82) is 0 Å². The second kappa shape index (κ2) is 7.89. The quantitative estimate of drug-likeness (QED) is 0.651. The van der Waals surface area contributed by atoms with Crippen LogP contribution in [0.2, 0.25) is 5.02 Å². The molecule has 3 rings (SSSR count). The van der Waals surface area contributed by atoms with Gasteiger partial charge in [0.1, 0.15) is 10.6 Å². The normalized spacial score (nSPS) is 10.7. The second-order valence-electron chi connectivity index (χ2n) is 5.66. The molecule has 0 spiro atoms. The Morgan fingerprint density at radius 1 is 1.33 bits per heavy atom. The number of amides is 1. The predicted octanol–water partition coefficient (Wildman–Crippen LogP) is 3.93. The first-order chi connectivity index (χ1) is 12.9. The van der Waals surface area contributed by atoms with E-state index in [-0.39, 0.29) is 12.5 Å². The van der Waals surface area contributed by atoms with E-state index in [4.69, 9.17) is 16.3 Å². The third-order valence-electron chi connectivity index (χ3n) is 3.71. The molecule has 0 fully saturated rings. The molecule has 1 N–H and O–H groups in total. The Morgan fingerprint density at radius 3 is 2.81 bits per heavy atom. The number of halogens is 1. The number of nitrogens with one attached hydrogen (secondary N) is 1. The number of nitrogens with zero attached hydrogens (tertiary/aromatic N) is 3. The number of carbonyl (C=O) groups excluding carboxylic acids is 2. The molecule has 7 nitrogen and oxygen atoms in total. The van der Waals surface area contributed by atoms with E-state index in [0.717, 1.165) is 16.9 Å². The number of hydrogen-bond donors (Lipinski definition) is 1. The maximum Gasteiger partial charge on any atom is 0.350 e. The minimum Gasteiger partial charge on any atom is -0.462 e. The van der Waals surface area contributed by atoms with E-state index >= 15 is 0 Å². The van der Waals surface area contributed by atoms with Crippen molar-refractivity contribution < 1.29 is 14.3 Å². The molecule has 0 saturated heterocycles. The molecule has 0 radical (unpaired) electrons. The standard InChI is InChI=1S/C18H17ClN4O3S/c1-4-26-17(25)15-10(2)20-18(27-15)21-16(24)14-9-13(22-23(14)3)11-6-5-7-12(19)8-11/h5-9H,4H2,1-3H3,(H,20,21,24). The zero-order chi connectivity index (χ0) is 19.6. The summed E-state index contributed by atoms with van der Waals surface area (Å²) < 4.78 is 6.47. The van der Waals surface area contributed by atoms with Gasteiger partial charge in [0.25, 0.3) is 5.91 Å².